The summed E-state index contributed by atoms with van der Waals surface area (Å²) in [6.45, 7) is 3.52. The molecule has 1 saturated heterocycles. The first-order valence-corrected chi connectivity index (χ1v) is 7.48. The molecule has 0 aromatic heterocycles. The monoisotopic (exact) mass is 323 g/mol. The molecule has 0 bridgehead atoms. The molecule has 1 aromatic rings. The van der Waals surface area contributed by atoms with Gasteiger partial charge in [0.05, 0.1) is 0 Å². The molecule has 1 heterocycles. The standard InChI is InChI=1S/C16H21N3O2.ClH/c1-11(20)18-12-2-4-13(5-3-12)19-15(21)14-10-16(14)6-8-17-9-7-16;/h2-5,14,17H,6-10H2,1H3,(H,18,20)(H,19,21);1H. The predicted octanol–water partition coefficient (Wildman–Crippen LogP) is 2.40. The van der Waals surface area contributed by atoms with E-state index in [9.17, 15) is 9.59 Å². The molecule has 3 N–H and O–H groups in total. The first-order valence-electron chi connectivity index (χ1n) is 7.48. The maximum absolute atomic E-state index is 12.3. The van der Waals surface area contributed by atoms with E-state index in [1.165, 1.54) is 6.92 Å². The van der Waals surface area contributed by atoms with Crippen LogP contribution >= 0.6 is 12.4 Å². The minimum Gasteiger partial charge on any atom is -0.326 e. The van der Waals surface area contributed by atoms with Crippen LogP contribution < -0.4 is 16.0 Å². The quantitative estimate of drug-likeness (QED) is 0.800. The van der Waals surface area contributed by atoms with Gasteiger partial charge in [-0.15, -0.1) is 12.4 Å². The zero-order valence-corrected chi connectivity index (χ0v) is 13.5. The van der Waals surface area contributed by atoms with E-state index in [-0.39, 0.29) is 35.6 Å². The van der Waals surface area contributed by atoms with Crippen LogP contribution in [0.15, 0.2) is 24.3 Å². The smallest absolute Gasteiger partial charge is 0.228 e. The SMILES string of the molecule is CC(=O)Nc1ccc(NC(=O)C2CC23CCNCC3)cc1.Cl. The van der Waals surface area contributed by atoms with Gasteiger partial charge in [0, 0.05) is 24.2 Å². The lowest BCUT2D eigenvalue weighted by Crippen LogP contribution is -2.31. The minimum absolute atomic E-state index is 0. The van der Waals surface area contributed by atoms with Crippen molar-refractivity contribution in [3.63, 3.8) is 0 Å². The fourth-order valence-corrected chi connectivity index (χ4v) is 3.27. The van der Waals surface area contributed by atoms with Gasteiger partial charge < -0.3 is 16.0 Å². The van der Waals surface area contributed by atoms with Crippen LogP contribution in [-0.4, -0.2) is 24.9 Å². The molecule has 2 fully saturated rings. The summed E-state index contributed by atoms with van der Waals surface area (Å²) in [5.74, 6) is 0.191. The van der Waals surface area contributed by atoms with Gasteiger partial charge >= 0.3 is 0 Å². The Hall–Kier alpha value is -1.59. The van der Waals surface area contributed by atoms with Crippen molar-refractivity contribution in [2.45, 2.75) is 26.2 Å². The first kappa shape index (κ1) is 16.8. The molecule has 1 atom stereocenters. The predicted molar refractivity (Wildman–Crippen MR) is 89.3 cm³/mol. The zero-order valence-electron chi connectivity index (χ0n) is 12.6. The number of carbonyl (C=O) groups is 2. The number of piperidine rings is 1. The van der Waals surface area contributed by atoms with Crippen molar-refractivity contribution in [3.05, 3.63) is 24.3 Å². The Labute approximate surface area is 136 Å². The molecule has 22 heavy (non-hydrogen) atoms. The number of anilines is 2. The Bertz CT molecular complexity index is 553. The molecular formula is C16H22ClN3O2. The van der Waals surface area contributed by atoms with Crippen molar-refractivity contribution in [3.8, 4) is 0 Å². The second-order valence-electron chi connectivity index (χ2n) is 6.12. The minimum atomic E-state index is -0.0994. The molecule has 2 aliphatic rings. The van der Waals surface area contributed by atoms with Crippen LogP contribution in [0.2, 0.25) is 0 Å². The van der Waals surface area contributed by atoms with E-state index in [1.54, 1.807) is 12.1 Å². The van der Waals surface area contributed by atoms with Gasteiger partial charge in [0.1, 0.15) is 0 Å². The van der Waals surface area contributed by atoms with Gasteiger partial charge in [-0.05, 0) is 62.0 Å². The Balaban J connectivity index is 0.00000176. The van der Waals surface area contributed by atoms with Crippen molar-refractivity contribution in [1.29, 1.82) is 0 Å². The highest BCUT2D eigenvalue weighted by Gasteiger charge is 2.57. The summed E-state index contributed by atoms with van der Waals surface area (Å²) in [6, 6.07) is 7.23. The van der Waals surface area contributed by atoms with E-state index in [2.05, 4.69) is 16.0 Å². The van der Waals surface area contributed by atoms with E-state index in [4.69, 9.17) is 0 Å². The molecule has 5 nitrogen and oxygen atoms in total. The molecule has 6 heteroatoms. The third-order valence-corrected chi connectivity index (χ3v) is 4.58. The highest BCUT2D eigenvalue weighted by Crippen LogP contribution is 2.58. The molecule has 1 aliphatic heterocycles. The Morgan fingerprint density at radius 2 is 1.64 bits per heavy atom. The van der Waals surface area contributed by atoms with E-state index >= 15 is 0 Å². The first-order chi connectivity index (χ1) is 10.1. The number of benzene rings is 1. The van der Waals surface area contributed by atoms with Crippen molar-refractivity contribution in [2.75, 3.05) is 23.7 Å². The number of halogens is 1. The van der Waals surface area contributed by atoms with Crippen molar-refractivity contribution < 1.29 is 9.59 Å². The fourth-order valence-electron chi connectivity index (χ4n) is 3.27. The summed E-state index contributed by atoms with van der Waals surface area (Å²) >= 11 is 0. The molecule has 1 unspecified atom stereocenters. The highest BCUT2D eigenvalue weighted by molar-refractivity contribution is 5.95. The van der Waals surface area contributed by atoms with Crippen molar-refractivity contribution in [1.82, 2.24) is 5.32 Å². The second-order valence-corrected chi connectivity index (χ2v) is 6.12. The third kappa shape index (κ3) is 3.59. The highest BCUT2D eigenvalue weighted by atomic mass is 35.5. The topological polar surface area (TPSA) is 70.2 Å². The Morgan fingerprint density at radius 3 is 2.18 bits per heavy atom. The van der Waals surface area contributed by atoms with Gasteiger partial charge in [0.15, 0.2) is 0 Å². The van der Waals surface area contributed by atoms with E-state index in [1.807, 2.05) is 12.1 Å². The van der Waals surface area contributed by atoms with Crippen LogP contribution in [0, 0.1) is 11.3 Å². The average molecular weight is 324 g/mol. The van der Waals surface area contributed by atoms with Gasteiger partial charge in [-0.1, -0.05) is 0 Å². The van der Waals surface area contributed by atoms with Crippen LogP contribution in [0.5, 0.6) is 0 Å². The Morgan fingerprint density at radius 1 is 1.09 bits per heavy atom. The molecule has 2 amide bonds. The summed E-state index contributed by atoms with van der Waals surface area (Å²) in [4.78, 5) is 23.3. The van der Waals surface area contributed by atoms with Crippen molar-refractivity contribution in [2.24, 2.45) is 11.3 Å². The number of carbonyl (C=O) groups excluding carboxylic acids is 2. The molecule has 1 spiro atoms. The number of amides is 2. The largest absolute Gasteiger partial charge is 0.326 e. The van der Waals surface area contributed by atoms with Crippen LogP contribution in [0.1, 0.15) is 26.2 Å². The summed E-state index contributed by atoms with van der Waals surface area (Å²) in [5, 5.41) is 9.04. The maximum Gasteiger partial charge on any atom is 0.228 e. The third-order valence-electron chi connectivity index (χ3n) is 4.58. The molecule has 3 rings (SSSR count). The summed E-state index contributed by atoms with van der Waals surface area (Å²) in [7, 11) is 0. The molecular weight excluding hydrogens is 302 g/mol. The summed E-state index contributed by atoms with van der Waals surface area (Å²) < 4.78 is 0. The number of rotatable bonds is 3. The van der Waals surface area contributed by atoms with Gasteiger partial charge in [-0.3, -0.25) is 9.59 Å². The Kier molecular flexibility index (Phi) is 5.08. The second kappa shape index (κ2) is 6.67. The van der Waals surface area contributed by atoms with E-state index < -0.39 is 0 Å². The summed E-state index contributed by atoms with van der Waals surface area (Å²) in [6.07, 6.45) is 3.23. The molecule has 0 radical (unpaired) electrons. The lowest BCUT2D eigenvalue weighted by molar-refractivity contribution is -0.118. The fraction of sp³-hybridized carbons (Fsp3) is 0.500. The number of hydrogen-bond donors (Lipinski definition) is 3. The normalized spacial score (nSPS) is 21.6. The van der Waals surface area contributed by atoms with Crippen LogP contribution in [0.4, 0.5) is 11.4 Å². The van der Waals surface area contributed by atoms with Gasteiger partial charge in [-0.25, -0.2) is 0 Å². The van der Waals surface area contributed by atoms with Gasteiger partial charge in [0.2, 0.25) is 11.8 Å². The van der Waals surface area contributed by atoms with E-state index in [0.717, 1.165) is 43.7 Å². The number of nitrogens with one attached hydrogen (secondary N) is 3. The van der Waals surface area contributed by atoms with Gasteiger partial charge in [-0.2, -0.15) is 0 Å². The summed E-state index contributed by atoms with van der Waals surface area (Å²) in [5.41, 5.74) is 1.78. The number of hydrogen-bond acceptors (Lipinski definition) is 3. The van der Waals surface area contributed by atoms with Crippen molar-refractivity contribution >= 4 is 35.6 Å². The van der Waals surface area contributed by atoms with Crippen LogP contribution in [0.25, 0.3) is 0 Å². The maximum atomic E-state index is 12.3. The lowest BCUT2D eigenvalue weighted by Gasteiger charge is -2.23. The van der Waals surface area contributed by atoms with E-state index in [0.29, 0.717) is 0 Å². The van der Waals surface area contributed by atoms with Crippen LogP contribution in [0.3, 0.4) is 0 Å². The molecule has 1 aromatic carbocycles. The van der Waals surface area contributed by atoms with Crippen LogP contribution in [-0.2, 0) is 9.59 Å². The molecule has 1 saturated carbocycles. The zero-order chi connectivity index (χ0) is 14.9. The van der Waals surface area contributed by atoms with Gasteiger partial charge in [0.25, 0.3) is 0 Å². The average Bonchev–Trinajstić information content (AvgIpc) is 3.15. The molecule has 120 valence electrons. The molecule has 1 aliphatic carbocycles. The lowest BCUT2D eigenvalue weighted by atomic mass is 9.92.